The zero-order valence-corrected chi connectivity index (χ0v) is 11.9. The molecule has 114 valence electrons. The van der Waals surface area contributed by atoms with Crippen molar-refractivity contribution in [2.45, 2.75) is 6.18 Å². The van der Waals surface area contributed by atoms with E-state index in [-0.39, 0.29) is 0 Å². The van der Waals surface area contributed by atoms with Crippen molar-refractivity contribution in [1.29, 1.82) is 0 Å². The fraction of sp³-hybridized carbons (Fsp3) is 0.0556. The Bertz CT molecular complexity index is 962. The van der Waals surface area contributed by atoms with Crippen LogP contribution in [0.2, 0.25) is 0 Å². The van der Waals surface area contributed by atoms with Crippen molar-refractivity contribution in [3.63, 3.8) is 0 Å². The number of hydrogen-bond donors (Lipinski definition) is 1. The number of aromatic nitrogens is 2. The van der Waals surface area contributed by atoms with Crippen LogP contribution in [0.5, 0.6) is 0 Å². The summed E-state index contributed by atoms with van der Waals surface area (Å²) in [5, 5.41) is 9.71. The molecule has 0 amide bonds. The zero-order chi connectivity index (χ0) is 16.0. The minimum atomic E-state index is -4.44. The molecule has 1 heterocycles. The van der Waals surface area contributed by atoms with Crippen molar-refractivity contribution in [3.05, 3.63) is 66.4 Å². The molecule has 2 nitrogen and oxygen atoms in total. The van der Waals surface area contributed by atoms with Crippen molar-refractivity contribution in [2.75, 3.05) is 0 Å². The number of H-pyrrole nitrogens is 1. The third-order valence-electron chi connectivity index (χ3n) is 3.91. The van der Waals surface area contributed by atoms with E-state index in [4.69, 9.17) is 0 Å². The molecule has 0 radical (unpaired) electrons. The first-order chi connectivity index (χ1) is 11.0. The second kappa shape index (κ2) is 4.84. The van der Waals surface area contributed by atoms with E-state index in [0.29, 0.717) is 11.3 Å². The number of benzene rings is 3. The number of aromatic amines is 1. The van der Waals surface area contributed by atoms with E-state index in [2.05, 4.69) is 10.2 Å². The summed E-state index contributed by atoms with van der Waals surface area (Å²) >= 11 is 0. The summed E-state index contributed by atoms with van der Waals surface area (Å²) in [6.07, 6.45) is -4.44. The predicted octanol–water partition coefficient (Wildman–Crippen LogP) is 5.40. The van der Waals surface area contributed by atoms with Crippen molar-refractivity contribution in [2.24, 2.45) is 0 Å². The van der Waals surface area contributed by atoms with Crippen LogP contribution in [-0.2, 0) is 6.18 Å². The van der Waals surface area contributed by atoms with Crippen molar-refractivity contribution >= 4 is 21.5 Å². The molecule has 0 unspecified atom stereocenters. The number of nitrogens with one attached hydrogen (secondary N) is 1. The topological polar surface area (TPSA) is 28.7 Å². The van der Waals surface area contributed by atoms with Gasteiger partial charge in [-0.1, -0.05) is 48.5 Å². The molecule has 0 saturated heterocycles. The third kappa shape index (κ3) is 2.25. The van der Waals surface area contributed by atoms with Crippen LogP contribution in [0.15, 0.2) is 60.7 Å². The maximum atomic E-state index is 12.9. The van der Waals surface area contributed by atoms with Gasteiger partial charge in [-0.25, -0.2) is 0 Å². The average molecular weight is 312 g/mol. The number of fused-ring (bicyclic) bond motifs is 2. The summed E-state index contributed by atoms with van der Waals surface area (Å²) in [6, 6.07) is 18.4. The predicted molar refractivity (Wildman–Crippen MR) is 84.0 cm³/mol. The molecule has 4 rings (SSSR count). The molecule has 0 aliphatic heterocycles. The zero-order valence-electron chi connectivity index (χ0n) is 11.9. The van der Waals surface area contributed by atoms with E-state index in [0.717, 1.165) is 27.6 Å². The van der Waals surface area contributed by atoms with Gasteiger partial charge in [-0.05, 0) is 33.7 Å². The Balaban J connectivity index is 2.09. The normalized spacial score (nSPS) is 12.1. The highest BCUT2D eigenvalue weighted by Gasteiger charge is 2.33. The van der Waals surface area contributed by atoms with Gasteiger partial charge in [-0.15, -0.1) is 0 Å². The number of alkyl halides is 3. The third-order valence-corrected chi connectivity index (χ3v) is 3.91. The SMILES string of the molecule is FC(F)(F)c1cc(-c2c3ccccc3cc3ccccc23)n[nH]1. The van der Waals surface area contributed by atoms with Gasteiger partial charge in [0.2, 0.25) is 0 Å². The maximum absolute atomic E-state index is 12.9. The van der Waals surface area contributed by atoms with Gasteiger partial charge in [-0.3, -0.25) is 5.10 Å². The number of rotatable bonds is 1. The molecule has 0 fully saturated rings. The summed E-state index contributed by atoms with van der Waals surface area (Å²) in [5.74, 6) is 0. The Morgan fingerprint density at radius 2 is 1.35 bits per heavy atom. The van der Waals surface area contributed by atoms with Crippen molar-refractivity contribution in [3.8, 4) is 11.3 Å². The molecular formula is C18H11F3N2. The smallest absolute Gasteiger partial charge is 0.273 e. The van der Waals surface area contributed by atoms with Gasteiger partial charge in [0.25, 0.3) is 0 Å². The van der Waals surface area contributed by atoms with Gasteiger partial charge in [0.1, 0.15) is 5.69 Å². The summed E-state index contributed by atoms with van der Waals surface area (Å²) in [4.78, 5) is 0. The van der Waals surface area contributed by atoms with Crippen molar-refractivity contribution in [1.82, 2.24) is 10.2 Å². The standard InChI is InChI=1S/C18H11F3N2/c19-18(20,21)16-10-15(22-23-16)17-13-7-3-1-5-11(13)9-12-6-2-4-8-14(12)17/h1-10H,(H,22,23). The van der Waals surface area contributed by atoms with E-state index in [1.54, 1.807) is 0 Å². The first kappa shape index (κ1) is 13.8. The van der Waals surface area contributed by atoms with Crippen LogP contribution in [0.25, 0.3) is 32.8 Å². The molecule has 1 N–H and O–H groups in total. The molecule has 0 aliphatic rings. The lowest BCUT2D eigenvalue weighted by molar-refractivity contribution is -0.141. The van der Waals surface area contributed by atoms with E-state index < -0.39 is 11.9 Å². The highest BCUT2D eigenvalue weighted by Crippen LogP contribution is 2.37. The quantitative estimate of drug-likeness (QED) is 0.468. The van der Waals surface area contributed by atoms with Gasteiger partial charge in [0.05, 0.1) is 5.69 Å². The van der Waals surface area contributed by atoms with Gasteiger partial charge in [0.15, 0.2) is 0 Å². The Morgan fingerprint density at radius 3 is 1.87 bits per heavy atom. The molecule has 3 aromatic carbocycles. The highest BCUT2D eigenvalue weighted by atomic mass is 19.4. The summed E-state index contributed by atoms with van der Waals surface area (Å²) in [6.45, 7) is 0. The number of hydrogen-bond acceptors (Lipinski definition) is 1. The summed E-state index contributed by atoms with van der Waals surface area (Å²) < 4.78 is 38.6. The first-order valence-electron chi connectivity index (χ1n) is 7.07. The molecule has 0 spiro atoms. The molecule has 0 aliphatic carbocycles. The van der Waals surface area contributed by atoms with Gasteiger partial charge in [-0.2, -0.15) is 18.3 Å². The fourth-order valence-electron chi connectivity index (χ4n) is 2.88. The lowest BCUT2D eigenvalue weighted by Gasteiger charge is -2.09. The van der Waals surface area contributed by atoms with E-state index in [1.165, 1.54) is 0 Å². The molecule has 23 heavy (non-hydrogen) atoms. The highest BCUT2D eigenvalue weighted by molar-refractivity contribution is 6.12. The van der Waals surface area contributed by atoms with Crippen LogP contribution in [0.4, 0.5) is 13.2 Å². The molecular weight excluding hydrogens is 301 g/mol. The monoisotopic (exact) mass is 312 g/mol. The van der Waals surface area contributed by atoms with Crippen LogP contribution in [0, 0.1) is 0 Å². The second-order valence-electron chi connectivity index (χ2n) is 5.36. The average Bonchev–Trinajstić information content (AvgIpc) is 3.02. The lowest BCUT2D eigenvalue weighted by atomic mass is 9.95. The number of nitrogens with zero attached hydrogens (tertiary/aromatic N) is 1. The van der Waals surface area contributed by atoms with Crippen LogP contribution in [-0.4, -0.2) is 10.2 Å². The Hall–Kier alpha value is -2.82. The molecule has 1 aromatic heterocycles. The minimum absolute atomic E-state index is 0.297. The maximum Gasteiger partial charge on any atom is 0.432 e. The van der Waals surface area contributed by atoms with E-state index in [1.807, 2.05) is 54.6 Å². The minimum Gasteiger partial charge on any atom is -0.273 e. The second-order valence-corrected chi connectivity index (χ2v) is 5.36. The summed E-state index contributed by atoms with van der Waals surface area (Å²) in [7, 11) is 0. The van der Waals surface area contributed by atoms with E-state index >= 15 is 0 Å². The van der Waals surface area contributed by atoms with Crippen LogP contribution in [0.3, 0.4) is 0 Å². The Labute approximate surface area is 129 Å². The molecule has 5 heteroatoms. The largest absolute Gasteiger partial charge is 0.432 e. The molecule has 0 saturated carbocycles. The van der Waals surface area contributed by atoms with Crippen LogP contribution >= 0.6 is 0 Å². The molecule has 0 atom stereocenters. The number of halogens is 3. The molecule has 0 bridgehead atoms. The van der Waals surface area contributed by atoms with Gasteiger partial charge >= 0.3 is 6.18 Å². The Morgan fingerprint density at radius 1 is 0.783 bits per heavy atom. The fourth-order valence-corrected chi connectivity index (χ4v) is 2.88. The first-order valence-corrected chi connectivity index (χ1v) is 7.07. The van der Waals surface area contributed by atoms with Crippen LogP contribution in [0.1, 0.15) is 5.69 Å². The van der Waals surface area contributed by atoms with Crippen LogP contribution < -0.4 is 0 Å². The van der Waals surface area contributed by atoms with Gasteiger partial charge < -0.3 is 0 Å². The van der Waals surface area contributed by atoms with Gasteiger partial charge in [0, 0.05) is 5.56 Å². The summed E-state index contributed by atoms with van der Waals surface area (Å²) in [5.41, 5.74) is 0.167. The lowest BCUT2D eigenvalue weighted by Crippen LogP contribution is -2.04. The van der Waals surface area contributed by atoms with Crippen molar-refractivity contribution < 1.29 is 13.2 Å². The molecule has 4 aromatic rings. The Kier molecular flexibility index (Phi) is 2.91. The van der Waals surface area contributed by atoms with E-state index in [9.17, 15) is 13.2 Å².